The number of carbonyl (C=O) groups is 1. The van der Waals surface area contributed by atoms with E-state index in [4.69, 9.17) is 14.2 Å². The maximum Gasteiger partial charge on any atom is 0.244 e. The molecule has 0 saturated carbocycles. The number of nitrogens with one attached hydrogen (secondary N) is 1. The van der Waals surface area contributed by atoms with Crippen LogP contribution in [0.2, 0.25) is 0 Å². The van der Waals surface area contributed by atoms with Crippen molar-refractivity contribution in [1.29, 1.82) is 0 Å². The van der Waals surface area contributed by atoms with Gasteiger partial charge in [0.05, 0.1) is 19.3 Å². The van der Waals surface area contributed by atoms with Gasteiger partial charge >= 0.3 is 0 Å². The minimum absolute atomic E-state index is 0.131. The smallest absolute Gasteiger partial charge is 0.244 e. The molecule has 5 nitrogen and oxygen atoms in total. The fourth-order valence-corrected chi connectivity index (χ4v) is 3.21. The Labute approximate surface area is 178 Å². The molecule has 1 N–H and O–H groups in total. The van der Waals surface area contributed by atoms with E-state index in [0.717, 1.165) is 34.8 Å². The van der Waals surface area contributed by atoms with Gasteiger partial charge in [0.1, 0.15) is 12.4 Å². The molecule has 2 aromatic rings. The summed E-state index contributed by atoms with van der Waals surface area (Å²) < 4.78 is 17.0. The number of hydrogen-bond acceptors (Lipinski definition) is 4. The van der Waals surface area contributed by atoms with Crippen LogP contribution >= 0.6 is 0 Å². The molecule has 0 aromatic heterocycles. The second-order valence-corrected chi connectivity index (χ2v) is 7.49. The zero-order valence-electron chi connectivity index (χ0n) is 17.6. The van der Waals surface area contributed by atoms with Gasteiger partial charge in [-0.3, -0.25) is 4.79 Å². The molecule has 1 amide bonds. The van der Waals surface area contributed by atoms with E-state index in [0.29, 0.717) is 19.8 Å². The van der Waals surface area contributed by atoms with E-state index in [1.54, 1.807) is 18.2 Å². The van der Waals surface area contributed by atoms with Crippen LogP contribution in [0.4, 0.5) is 0 Å². The third kappa shape index (κ3) is 5.89. The number of amides is 1. The van der Waals surface area contributed by atoms with Crippen molar-refractivity contribution in [2.24, 2.45) is 5.92 Å². The summed E-state index contributed by atoms with van der Waals surface area (Å²) in [4.78, 5) is 12.6. The van der Waals surface area contributed by atoms with Crippen molar-refractivity contribution >= 4 is 12.0 Å². The standard InChI is InChI=1S/C25H29NO4/c1-4-14-28-21-10-6-19(7-11-21)8-13-24(27)26-25(18(2)3)20-9-12-22-23(17-20)30-16-5-15-29-22/h4,6-13,17-18,25H,1,5,14-16H2,2-3H3,(H,26,27)/b13-8+. The predicted molar refractivity (Wildman–Crippen MR) is 119 cm³/mol. The summed E-state index contributed by atoms with van der Waals surface area (Å²) in [5.74, 6) is 2.33. The van der Waals surface area contributed by atoms with Crippen LogP contribution in [-0.4, -0.2) is 25.7 Å². The third-order valence-electron chi connectivity index (χ3n) is 4.77. The fraction of sp³-hybridized carbons (Fsp3) is 0.320. The van der Waals surface area contributed by atoms with Crippen LogP contribution in [0.5, 0.6) is 17.2 Å². The Balaban J connectivity index is 1.66. The second-order valence-electron chi connectivity index (χ2n) is 7.49. The molecule has 0 fully saturated rings. The van der Waals surface area contributed by atoms with Crippen LogP contribution in [0.1, 0.15) is 37.4 Å². The number of fused-ring (bicyclic) bond motifs is 1. The lowest BCUT2D eigenvalue weighted by molar-refractivity contribution is -0.117. The molecule has 1 atom stereocenters. The number of hydrogen-bond donors (Lipinski definition) is 1. The van der Waals surface area contributed by atoms with Crippen molar-refractivity contribution in [2.45, 2.75) is 26.3 Å². The van der Waals surface area contributed by atoms with E-state index in [2.05, 4.69) is 25.7 Å². The largest absolute Gasteiger partial charge is 0.490 e. The molecule has 158 valence electrons. The third-order valence-corrected chi connectivity index (χ3v) is 4.77. The number of carbonyl (C=O) groups excluding carboxylic acids is 1. The van der Waals surface area contributed by atoms with Gasteiger partial charge in [-0.15, -0.1) is 0 Å². The van der Waals surface area contributed by atoms with Gasteiger partial charge in [0.2, 0.25) is 5.91 Å². The van der Waals surface area contributed by atoms with E-state index < -0.39 is 0 Å². The van der Waals surface area contributed by atoms with Gasteiger partial charge in [0.25, 0.3) is 0 Å². The Hall–Kier alpha value is -3.21. The quantitative estimate of drug-likeness (QED) is 0.497. The summed E-state index contributed by atoms with van der Waals surface area (Å²) in [7, 11) is 0. The second kappa shape index (κ2) is 10.5. The molecule has 2 aromatic carbocycles. The lowest BCUT2D eigenvalue weighted by Crippen LogP contribution is -2.30. The molecule has 3 rings (SSSR count). The maximum atomic E-state index is 12.6. The molecular formula is C25H29NO4. The normalized spacial score (nSPS) is 14.2. The van der Waals surface area contributed by atoms with Crippen molar-refractivity contribution in [3.8, 4) is 17.2 Å². The minimum atomic E-state index is -0.146. The minimum Gasteiger partial charge on any atom is -0.490 e. The van der Waals surface area contributed by atoms with E-state index in [1.165, 1.54) is 0 Å². The van der Waals surface area contributed by atoms with Crippen LogP contribution in [0.3, 0.4) is 0 Å². The van der Waals surface area contributed by atoms with Gasteiger partial charge in [-0.2, -0.15) is 0 Å². The maximum absolute atomic E-state index is 12.6. The average Bonchev–Trinajstić information content (AvgIpc) is 3.00. The fourth-order valence-electron chi connectivity index (χ4n) is 3.21. The highest BCUT2D eigenvalue weighted by atomic mass is 16.5. The molecule has 1 aliphatic rings. The summed E-state index contributed by atoms with van der Waals surface area (Å²) in [6.45, 7) is 9.55. The SMILES string of the molecule is C=CCOc1ccc(/C=C/C(=O)NC(c2ccc3c(c2)OCCCO3)C(C)C)cc1. The van der Waals surface area contributed by atoms with Crippen molar-refractivity contribution in [3.63, 3.8) is 0 Å². The number of ether oxygens (including phenoxy) is 3. The summed E-state index contributed by atoms with van der Waals surface area (Å²) >= 11 is 0. The summed E-state index contributed by atoms with van der Waals surface area (Å²) in [6, 6.07) is 13.3. The molecule has 5 heteroatoms. The Morgan fingerprint density at radius 1 is 1.13 bits per heavy atom. The summed E-state index contributed by atoms with van der Waals surface area (Å²) in [5, 5.41) is 3.11. The first-order chi connectivity index (χ1) is 14.6. The molecule has 0 saturated heterocycles. The summed E-state index contributed by atoms with van der Waals surface area (Å²) in [5.41, 5.74) is 1.92. The van der Waals surface area contributed by atoms with E-state index in [-0.39, 0.29) is 17.9 Å². The Morgan fingerprint density at radius 2 is 1.87 bits per heavy atom. The van der Waals surface area contributed by atoms with Gasteiger partial charge in [0, 0.05) is 12.5 Å². The number of rotatable bonds is 8. The molecule has 1 heterocycles. The van der Waals surface area contributed by atoms with Gasteiger partial charge < -0.3 is 19.5 Å². The van der Waals surface area contributed by atoms with Crippen LogP contribution in [0.25, 0.3) is 6.08 Å². The average molecular weight is 408 g/mol. The highest BCUT2D eigenvalue weighted by Crippen LogP contribution is 2.34. The van der Waals surface area contributed by atoms with Gasteiger partial charge in [-0.05, 0) is 47.4 Å². The Kier molecular flexibility index (Phi) is 7.55. The van der Waals surface area contributed by atoms with Crippen LogP contribution < -0.4 is 19.5 Å². The first-order valence-electron chi connectivity index (χ1n) is 10.3. The Morgan fingerprint density at radius 3 is 2.57 bits per heavy atom. The molecule has 0 bridgehead atoms. The molecular weight excluding hydrogens is 378 g/mol. The van der Waals surface area contributed by atoms with Crippen molar-refractivity contribution in [3.05, 3.63) is 72.3 Å². The first-order valence-corrected chi connectivity index (χ1v) is 10.3. The molecule has 1 unspecified atom stereocenters. The number of benzene rings is 2. The topological polar surface area (TPSA) is 56.8 Å². The van der Waals surface area contributed by atoms with E-state index >= 15 is 0 Å². The zero-order valence-corrected chi connectivity index (χ0v) is 17.6. The van der Waals surface area contributed by atoms with Gasteiger partial charge in [0.15, 0.2) is 11.5 Å². The van der Waals surface area contributed by atoms with Gasteiger partial charge in [-0.25, -0.2) is 0 Å². The molecule has 1 aliphatic heterocycles. The molecule has 30 heavy (non-hydrogen) atoms. The molecule has 0 spiro atoms. The van der Waals surface area contributed by atoms with Crippen LogP contribution in [0, 0.1) is 5.92 Å². The zero-order chi connectivity index (χ0) is 21.3. The highest BCUT2D eigenvalue weighted by Gasteiger charge is 2.20. The van der Waals surface area contributed by atoms with Gasteiger partial charge in [-0.1, -0.05) is 44.7 Å². The summed E-state index contributed by atoms with van der Waals surface area (Å²) in [6.07, 6.45) is 5.91. The van der Waals surface area contributed by atoms with Crippen molar-refractivity contribution in [2.75, 3.05) is 19.8 Å². The molecule has 0 radical (unpaired) electrons. The Bertz CT molecular complexity index is 887. The van der Waals surface area contributed by atoms with Crippen molar-refractivity contribution < 1.29 is 19.0 Å². The lowest BCUT2D eigenvalue weighted by Gasteiger charge is -2.23. The first kappa shape index (κ1) is 21.5. The predicted octanol–water partition coefficient (Wildman–Crippen LogP) is 4.94. The monoisotopic (exact) mass is 407 g/mol. The van der Waals surface area contributed by atoms with Crippen LogP contribution in [-0.2, 0) is 4.79 Å². The lowest BCUT2D eigenvalue weighted by atomic mass is 9.95. The van der Waals surface area contributed by atoms with E-state index in [9.17, 15) is 4.79 Å². The highest BCUT2D eigenvalue weighted by molar-refractivity contribution is 5.92. The van der Waals surface area contributed by atoms with E-state index in [1.807, 2.05) is 42.5 Å². The molecule has 0 aliphatic carbocycles. The van der Waals surface area contributed by atoms with Crippen LogP contribution in [0.15, 0.2) is 61.2 Å². The van der Waals surface area contributed by atoms with Crippen molar-refractivity contribution in [1.82, 2.24) is 5.32 Å².